The van der Waals surface area contributed by atoms with Crippen LogP contribution in [0.3, 0.4) is 0 Å². The number of hydrogen-bond acceptors (Lipinski definition) is 5. The first kappa shape index (κ1) is 16.6. The Kier molecular flexibility index (Phi) is 4.26. The number of rotatable bonds is 3. The minimum Gasteiger partial charge on any atom is -0.380 e. The third-order valence-corrected chi connectivity index (χ3v) is 4.84. The molecule has 1 fully saturated rings. The Hall–Kier alpha value is -1.90. The van der Waals surface area contributed by atoms with Crippen LogP contribution in [0.25, 0.3) is 0 Å². The number of aliphatic hydroxyl groups is 1. The van der Waals surface area contributed by atoms with E-state index in [0.29, 0.717) is 18.9 Å². The van der Waals surface area contributed by atoms with Crippen LogP contribution in [0.15, 0.2) is 24.5 Å². The molecule has 2 aliphatic rings. The highest BCUT2D eigenvalue weighted by atomic mass is 19.1. The maximum atomic E-state index is 14.4. The van der Waals surface area contributed by atoms with Gasteiger partial charge in [-0.15, -0.1) is 0 Å². The summed E-state index contributed by atoms with van der Waals surface area (Å²) in [4.78, 5) is 4.16. The van der Waals surface area contributed by atoms with E-state index in [9.17, 15) is 13.9 Å². The molecule has 4 rings (SSSR count). The van der Waals surface area contributed by atoms with Gasteiger partial charge in [-0.2, -0.15) is 5.10 Å². The molecule has 1 aromatic carbocycles. The van der Waals surface area contributed by atoms with Crippen LogP contribution in [0.4, 0.5) is 8.78 Å². The smallest absolute Gasteiger partial charge is 0.158 e. The molecule has 1 aromatic heterocycles. The van der Waals surface area contributed by atoms with Gasteiger partial charge in [0.2, 0.25) is 0 Å². The van der Waals surface area contributed by atoms with Crippen molar-refractivity contribution in [3.63, 3.8) is 0 Å². The summed E-state index contributed by atoms with van der Waals surface area (Å²) < 4.78 is 40.8. The fourth-order valence-electron chi connectivity index (χ4n) is 3.50. The van der Waals surface area contributed by atoms with Crippen LogP contribution in [-0.2, 0) is 28.0 Å². The molecule has 0 spiro atoms. The Morgan fingerprint density at radius 3 is 2.96 bits per heavy atom. The third kappa shape index (κ3) is 3.05. The van der Waals surface area contributed by atoms with Crippen molar-refractivity contribution >= 4 is 0 Å². The summed E-state index contributed by atoms with van der Waals surface area (Å²) in [5.41, 5.74) is -1.71. The minimum absolute atomic E-state index is 0.0177. The van der Waals surface area contributed by atoms with Gasteiger partial charge in [0.05, 0.1) is 6.54 Å². The van der Waals surface area contributed by atoms with E-state index in [0.717, 1.165) is 25.0 Å². The van der Waals surface area contributed by atoms with Crippen LogP contribution in [0.2, 0.25) is 0 Å². The van der Waals surface area contributed by atoms with E-state index in [1.807, 2.05) is 0 Å². The quantitative estimate of drug-likeness (QED) is 0.915. The molecule has 0 radical (unpaired) electrons. The molecule has 0 aliphatic carbocycles. The van der Waals surface area contributed by atoms with Gasteiger partial charge < -0.3 is 14.6 Å². The van der Waals surface area contributed by atoms with Crippen molar-refractivity contribution in [2.24, 2.45) is 0 Å². The predicted octanol–water partition coefficient (Wildman–Crippen LogP) is 1.91. The van der Waals surface area contributed by atoms with Gasteiger partial charge in [-0.3, -0.25) is 0 Å². The van der Waals surface area contributed by atoms with Crippen LogP contribution in [0.5, 0.6) is 0 Å². The lowest BCUT2D eigenvalue weighted by Gasteiger charge is -2.41. The molecule has 2 aliphatic heterocycles. The first-order chi connectivity index (χ1) is 12.1. The van der Waals surface area contributed by atoms with E-state index in [1.165, 1.54) is 17.1 Å². The normalized spacial score (nSPS) is 29.4. The zero-order valence-corrected chi connectivity index (χ0v) is 13.6. The van der Waals surface area contributed by atoms with Gasteiger partial charge in [0.1, 0.15) is 35.5 Å². The molecule has 6 nitrogen and oxygen atoms in total. The lowest BCUT2D eigenvalue weighted by molar-refractivity contribution is -0.239. The summed E-state index contributed by atoms with van der Waals surface area (Å²) in [5.74, 6) is -0.868. The second-order valence-electron chi connectivity index (χ2n) is 6.51. The van der Waals surface area contributed by atoms with Crippen molar-refractivity contribution in [3.8, 4) is 0 Å². The second kappa shape index (κ2) is 6.44. The molecular formula is C17H19F2N3O3. The molecule has 25 heavy (non-hydrogen) atoms. The van der Waals surface area contributed by atoms with Gasteiger partial charge in [-0.25, -0.2) is 18.4 Å². The molecule has 3 atom stereocenters. The van der Waals surface area contributed by atoms with E-state index in [-0.39, 0.29) is 18.5 Å². The first-order valence-corrected chi connectivity index (χ1v) is 8.38. The van der Waals surface area contributed by atoms with Crippen molar-refractivity contribution in [1.29, 1.82) is 0 Å². The van der Waals surface area contributed by atoms with Crippen molar-refractivity contribution in [3.05, 3.63) is 47.5 Å². The maximum Gasteiger partial charge on any atom is 0.158 e. The maximum absolute atomic E-state index is 14.4. The summed E-state index contributed by atoms with van der Waals surface area (Å²) in [6.07, 6.45) is 3.07. The molecule has 8 heteroatoms. The molecule has 3 unspecified atom stereocenters. The monoisotopic (exact) mass is 351 g/mol. The fourth-order valence-corrected chi connectivity index (χ4v) is 3.50. The summed E-state index contributed by atoms with van der Waals surface area (Å²) in [6.45, 7) is 0.569. The van der Waals surface area contributed by atoms with Crippen molar-refractivity contribution in [2.45, 2.75) is 50.2 Å². The molecule has 2 aromatic rings. The molecule has 0 saturated carbocycles. The van der Waals surface area contributed by atoms with Gasteiger partial charge in [0, 0.05) is 24.7 Å². The highest BCUT2D eigenvalue weighted by molar-refractivity contribution is 5.28. The molecule has 0 amide bonds. The zero-order chi connectivity index (χ0) is 17.4. The number of hydrogen-bond donors (Lipinski definition) is 1. The Labute approximate surface area is 143 Å². The number of aromatic nitrogens is 3. The second-order valence-corrected chi connectivity index (χ2v) is 6.51. The highest BCUT2D eigenvalue weighted by Gasteiger charge is 2.47. The van der Waals surface area contributed by atoms with Crippen LogP contribution in [0.1, 0.15) is 30.7 Å². The number of nitrogens with zero attached hydrogens (tertiary/aromatic N) is 3. The molecule has 134 valence electrons. The zero-order valence-electron chi connectivity index (χ0n) is 13.6. The number of ether oxygens (including phenoxy) is 2. The number of fused-ring (bicyclic) bond motifs is 1. The predicted molar refractivity (Wildman–Crippen MR) is 82.4 cm³/mol. The topological polar surface area (TPSA) is 69.4 Å². The lowest BCUT2D eigenvalue weighted by Crippen LogP contribution is -2.52. The van der Waals surface area contributed by atoms with E-state index in [2.05, 4.69) is 10.1 Å². The molecule has 1 N–H and O–H groups in total. The minimum atomic E-state index is -1.70. The average molecular weight is 351 g/mol. The third-order valence-electron chi connectivity index (χ3n) is 4.84. The molecule has 1 saturated heterocycles. The summed E-state index contributed by atoms with van der Waals surface area (Å²) >= 11 is 0. The Balaban J connectivity index is 1.70. The van der Waals surface area contributed by atoms with Gasteiger partial charge in [-0.1, -0.05) is 6.07 Å². The van der Waals surface area contributed by atoms with Gasteiger partial charge in [0.15, 0.2) is 6.29 Å². The summed E-state index contributed by atoms with van der Waals surface area (Å²) in [7, 11) is 0. The Morgan fingerprint density at radius 2 is 2.20 bits per heavy atom. The average Bonchev–Trinajstić information content (AvgIpc) is 3.02. The van der Waals surface area contributed by atoms with Crippen molar-refractivity contribution in [1.82, 2.24) is 14.8 Å². The van der Waals surface area contributed by atoms with E-state index in [1.54, 1.807) is 0 Å². The van der Waals surface area contributed by atoms with Gasteiger partial charge in [-0.05, 0) is 25.3 Å². The summed E-state index contributed by atoms with van der Waals surface area (Å²) in [5, 5.41) is 15.4. The molecular weight excluding hydrogens is 332 g/mol. The van der Waals surface area contributed by atoms with E-state index >= 15 is 0 Å². The Morgan fingerprint density at radius 1 is 1.32 bits per heavy atom. The largest absolute Gasteiger partial charge is 0.380 e. The number of halogens is 2. The van der Waals surface area contributed by atoms with E-state index < -0.39 is 29.6 Å². The fraction of sp³-hybridized carbons (Fsp3) is 0.529. The standard InChI is InChI=1S/C17H19F2N3O3/c18-11-4-5-12(13(19)7-11)17(23)9-22-15(20-10-21-22)8-14(17)25-16-3-1-2-6-24-16/h4-5,7,10,14,16,23H,1-3,6,8-9H2. The van der Waals surface area contributed by atoms with Crippen LogP contribution < -0.4 is 0 Å². The van der Waals surface area contributed by atoms with Crippen LogP contribution in [-0.4, -0.2) is 38.9 Å². The van der Waals surface area contributed by atoms with Gasteiger partial charge >= 0.3 is 0 Å². The van der Waals surface area contributed by atoms with Gasteiger partial charge in [0.25, 0.3) is 0 Å². The van der Waals surface area contributed by atoms with Crippen LogP contribution >= 0.6 is 0 Å². The first-order valence-electron chi connectivity index (χ1n) is 8.38. The van der Waals surface area contributed by atoms with Crippen LogP contribution in [0, 0.1) is 11.6 Å². The van der Waals surface area contributed by atoms with Crippen molar-refractivity contribution in [2.75, 3.05) is 6.61 Å². The molecule has 3 heterocycles. The van der Waals surface area contributed by atoms with E-state index in [4.69, 9.17) is 9.47 Å². The SMILES string of the molecule is OC1(c2ccc(F)cc2F)Cn2ncnc2CC1OC1CCCCO1. The number of benzene rings is 1. The Bertz CT molecular complexity index is 763. The molecule has 0 bridgehead atoms. The van der Waals surface area contributed by atoms with Crippen molar-refractivity contribution < 1.29 is 23.4 Å². The lowest BCUT2D eigenvalue weighted by atomic mass is 9.83. The summed E-state index contributed by atoms with van der Waals surface area (Å²) in [6, 6.07) is 3.14. The highest BCUT2D eigenvalue weighted by Crippen LogP contribution is 2.37.